The monoisotopic (exact) mass is 358 g/mol. The molecule has 1 saturated carbocycles. The summed E-state index contributed by atoms with van der Waals surface area (Å²) in [6, 6.07) is 0. The van der Waals surface area contributed by atoms with Crippen LogP contribution in [0.3, 0.4) is 0 Å². The zero-order chi connectivity index (χ0) is 14.8. The van der Waals surface area contributed by atoms with Gasteiger partial charge < -0.3 is 11.1 Å². The van der Waals surface area contributed by atoms with Gasteiger partial charge in [-0.05, 0) is 19.8 Å². The van der Waals surface area contributed by atoms with Gasteiger partial charge in [-0.2, -0.15) is 8.78 Å². The summed E-state index contributed by atoms with van der Waals surface area (Å²) in [7, 11) is 0. The first-order valence-corrected chi connectivity index (χ1v) is 6.78. The van der Waals surface area contributed by atoms with Gasteiger partial charge in [0.25, 0.3) is 0 Å². The largest absolute Gasteiger partial charge is 0.349 e. The Balaban J connectivity index is 0.00000220. The number of amides is 1. The highest BCUT2D eigenvalue weighted by Crippen LogP contribution is 2.31. The van der Waals surface area contributed by atoms with E-state index in [9.17, 15) is 13.6 Å². The van der Waals surface area contributed by atoms with Crippen molar-refractivity contribution >= 4 is 30.7 Å². The Morgan fingerprint density at radius 2 is 2.23 bits per heavy atom. The Bertz CT molecular complexity index is 482. The fraction of sp³-hybridized carbons (Fsp3) is 0.692. The lowest BCUT2D eigenvalue weighted by Gasteiger charge is -2.37. The maximum absolute atomic E-state index is 12.7. The zero-order valence-electron chi connectivity index (χ0n) is 12.3. The van der Waals surface area contributed by atoms with Crippen LogP contribution in [0.2, 0.25) is 0 Å². The number of hydrogen-bond acceptors (Lipinski definition) is 3. The molecule has 1 fully saturated rings. The number of nitrogens with one attached hydrogen (secondary N) is 1. The van der Waals surface area contributed by atoms with Crippen LogP contribution in [-0.2, 0) is 11.3 Å². The molecular weight excluding hydrogens is 337 g/mol. The third-order valence-corrected chi connectivity index (χ3v) is 3.95. The Labute approximate surface area is 140 Å². The lowest BCUT2D eigenvalue weighted by Crippen LogP contribution is -2.52. The molecule has 1 aromatic rings. The van der Waals surface area contributed by atoms with E-state index < -0.39 is 12.1 Å². The second kappa shape index (κ2) is 8.64. The lowest BCUT2D eigenvalue weighted by atomic mass is 9.74. The summed E-state index contributed by atoms with van der Waals surface area (Å²) < 4.78 is 26.0. The first kappa shape index (κ1) is 21.1. The Kier molecular flexibility index (Phi) is 8.28. The Hall–Kier alpha value is -0.920. The van der Waals surface area contributed by atoms with Crippen molar-refractivity contribution < 1.29 is 13.6 Å². The first-order chi connectivity index (χ1) is 9.42. The van der Waals surface area contributed by atoms with Crippen molar-refractivity contribution in [2.24, 2.45) is 11.7 Å². The molecule has 0 aliphatic heterocycles. The second-order valence-corrected chi connectivity index (χ2v) is 5.55. The smallest absolute Gasteiger partial charge is 0.319 e. The van der Waals surface area contributed by atoms with Crippen LogP contribution in [0.15, 0.2) is 12.4 Å². The van der Waals surface area contributed by atoms with E-state index in [4.69, 9.17) is 5.73 Å². The number of halogens is 4. The second-order valence-electron chi connectivity index (χ2n) is 5.55. The van der Waals surface area contributed by atoms with Gasteiger partial charge >= 0.3 is 6.55 Å². The highest BCUT2D eigenvalue weighted by atomic mass is 35.5. The van der Waals surface area contributed by atoms with Gasteiger partial charge in [0, 0.05) is 17.9 Å². The van der Waals surface area contributed by atoms with E-state index in [-0.39, 0.29) is 49.0 Å². The minimum Gasteiger partial charge on any atom is -0.349 e. The molecule has 1 aliphatic carbocycles. The van der Waals surface area contributed by atoms with Crippen molar-refractivity contribution in [1.82, 2.24) is 14.9 Å². The fourth-order valence-electron chi connectivity index (χ4n) is 2.74. The van der Waals surface area contributed by atoms with Crippen LogP contribution in [0.5, 0.6) is 0 Å². The molecule has 0 radical (unpaired) electrons. The van der Waals surface area contributed by atoms with Crippen LogP contribution in [0.25, 0.3) is 0 Å². The molecule has 128 valence electrons. The summed E-state index contributed by atoms with van der Waals surface area (Å²) in [5.74, 6) is -0.312. The number of aromatic nitrogens is 2. The molecule has 1 aromatic heterocycles. The minimum atomic E-state index is -2.65. The summed E-state index contributed by atoms with van der Waals surface area (Å²) in [5, 5.41) is 2.67. The zero-order valence-corrected chi connectivity index (χ0v) is 13.9. The average molecular weight is 359 g/mol. The van der Waals surface area contributed by atoms with Crippen molar-refractivity contribution in [3.05, 3.63) is 18.2 Å². The van der Waals surface area contributed by atoms with E-state index in [1.54, 1.807) is 0 Å². The Morgan fingerprint density at radius 1 is 1.55 bits per heavy atom. The third kappa shape index (κ3) is 4.79. The molecule has 2 rings (SSSR count). The van der Waals surface area contributed by atoms with Crippen molar-refractivity contribution in [3.8, 4) is 0 Å². The quantitative estimate of drug-likeness (QED) is 0.868. The summed E-state index contributed by atoms with van der Waals surface area (Å²) >= 11 is 0. The molecule has 1 heterocycles. The number of alkyl halides is 2. The minimum absolute atomic E-state index is 0. The molecule has 5 nitrogen and oxygen atoms in total. The maximum atomic E-state index is 12.7. The van der Waals surface area contributed by atoms with Gasteiger partial charge in [0.2, 0.25) is 5.91 Å². The normalized spacial score (nSPS) is 24.3. The molecule has 0 bridgehead atoms. The molecule has 0 saturated heterocycles. The molecule has 0 spiro atoms. The summed E-state index contributed by atoms with van der Waals surface area (Å²) in [6.07, 6.45) is 6.02. The van der Waals surface area contributed by atoms with Crippen molar-refractivity contribution in [1.29, 1.82) is 0 Å². The van der Waals surface area contributed by atoms with E-state index in [1.165, 1.54) is 12.4 Å². The molecule has 0 aromatic carbocycles. The summed E-state index contributed by atoms with van der Waals surface area (Å²) in [4.78, 5) is 16.0. The molecule has 1 amide bonds. The standard InChI is InChI=1S/C13H20F2N4O.2ClH/c1-13(16)5-3-2-4-9(13)11(20)18-8-10-17-6-7-19(10)12(14)15;;/h6-7,9,12H,2-5,8,16H2,1H3,(H,18,20);2*1H. The number of rotatable bonds is 4. The first-order valence-electron chi connectivity index (χ1n) is 6.78. The number of nitrogens with zero attached hydrogens (tertiary/aromatic N) is 2. The maximum Gasteiger partial charge on any atom is 0.319 e. The van der Waals surface area contributed by atoms with E-state index in [2.05, 4.69) is 10.3 Å². The van der Waals surface area contributed by atoms with Gasteiger partial charge in [-0.3, -0.25) is 9.36 Å². The van der Waals surface area contributed by atoms with Gasteiger partial charge in [0.15, 0.2) is 0 Å². The van der Waals surface area contributed by atoms with Crippen molar-refractivity contribution in [2.45, 2.75) is 51.2 Å². The SMILES string of the molecule is CC1(N)CCCCC1C(=O)NCc1nccn1C(F)F.Cl.Cl. The molecule has 22 heavy (non-hydrogen) atoms. The Morgan fingerprint density at radius 3 is 2.82 bits per heavy atom. The van der Waals surface area contributed by atoms with Crippen LogP contribution in [0.4, 0.5) is 8.78 Å². The van der Waals surface area contributed by atoms with E-state index >= 15 is 0 Å². The highest BCUT2D eigenvalue weighted by molar-refractivity contribution is 5.85. The number of nitrogens with two attached hydrogens (primary N) is 1. The van der Waals surface area contributed by atoms with Crippen LogP contribution < -0.4 is 11.1 Å². The average Bonchev–Trinajstić information content (AvgIpc) is 2.83. The molecule has 1 aliphatic rings. The predicted octanol–water partition coefficient (Wildman–Crippen LogP) is 2.65. The molecule has 2 unspecified atom stereocenters. The van der Waals surface area contributed by atoms with Crippen LogP contribution >= 0.6 is 24.8 Å². The van der Waals surface area contributed by atoms with Gasteiger partial charge in [0.05, 0.1) is 12.5 Å². The van der Waals surface area contributed by atoms with Crippen LogP contribution in [0.1, 0.15) is 45.0 Å². The van der Waals surface area contributed by atoms with Gasteiger partial charge in [0.1, 0.15) is 5.82 Å². The summed E-state index contributed by atoms with van der Waals surface area (Å²) in [6.45, 7) is -0.793. The highest BCUT2D eigenvalue weighted by Gasteiger charge is 2.37. The van der Waals surface area contributed by atoms with Crippen LogP contribution in [-0.4, -0.2) is 21.0 Å². The molecule has 9 heteroatoms. The van der Waals surface area contributed by atoms with Crippen LogP contribution in [0, 0.1) is 5.92 Å². The number of hydrogen-bond donors (Lipinski definition) is 2. The van der Waals surface area contributed by atoms with Gasteiger partial charge in [-0.15, -0.1) is 24.8 Å². The van der Waals surface area contributed by atoms with Crippen molar-refractivity contribution in [3.63, 3.8) is 0 Å². The predicted molar refractivity (Wildman–Crippen MR) is 84.4 cm³/mol. The number of imidazole rings is 1. The molecule has 2 atom stereocenters. The van der Waals surface area contributed by atoms with Crippen molar-refractivity contribution in [2.75, 3.05) is 0 Å². The number of carbonyl (C=O) groups excluding carboxylic acids is 1. The van der Waals surface area contributed by atoms with E-state index in [1.807, 2.05) is 6.92 Å². The summed E-state index contributed by atoms with van der Waals surface area (Å²) in [5.41, 5.74) is 5.62. The fourth-order valence-corrected chi connectivity index (χ4v) is 2.74. The third-order valence-electron chi connectivity index (χ3n) is 3.95. The lowest BCUT2D eigenvalue weighted by molar-refractivity contribution is -0.128. The van der Waals surface area contributed by atoms with Gasteiger partial charge in [-0.25, -0.2) is 4.98 Å². The molecule has 3 N–H and O–H groups in total. The molecular formula is C13H22Cl2F2N4O. The van der Waals surface area contributed by atoms with E-state index in [0.29, 0.717) is 0 Å². The van der Waals surface area contributed by atoms with Gasteiger partial charge in [-0.1, -0.05) is 12.8 Å². The topological polar surface area (TPSA) is 72.9 Å². The number of carbonyl (C=O) groups is 1. The van der Waals surface area contributed by atoms with E-state index in [0.717, 1.165) is 30.3 Å².